The van der Waals surface area contributed by atoms with Gasteiger partial charge in [0, 0.05) is 36.8 Å². The topological polar surface area (TPSA) is 41.4 Å². The maximum Gasteiger partial charge on any atom is 0.253 e. The minimum absolute atomic E-state index is 0.0490. The van der Waals surface area contributed by atoms with E-state index in [1.807, 2.05) is 4.90 Å². The second-order valence-corrected chi connectivity index (χ2v) is 12.5. The molecule has 0 saturated carbocycles. The molecule has 0 radical (unpaired) electrons. The third-order valence-corrected chi connectivity index (χ3v) is 10.3. The number of hydrogen-bond donors (Lipinski definition) is 0. The number of likely N-dealkylation sites (tertiary alicyclic amines) is 1. The predicted molar refractivity (Wildman–Crippen MR) is 161 cm³/mol. The molecule has 3 aliphatic rings. The molecule has 41 heavy (non-hydrogen) atoms. The van der Waals surface area contributed by atoms with E-state index < -0.39 is 0 Å². The lowest BCUT2D eigenvalue weighted by Crippen LogP contribution is -2.49. The number of halogens is 1. The van der Waals surface area contributed by atoms with Gasteiger partial charge < -0.3 is 9.47 Å². The molecule has 4 heterocycles. The summed E-state index contributed by atoms with van der Waals surface area (Å²) in [6.07, 6.45) is 7.90. The molecule has 1 amide bonds. The zero-order chi connectivity index (χ0) is 28.0. The molecule has 3 aromatic carbocycles. The summed E-state index contributed by atoms with van der Waals surface area (Å²) in [5.74, 6) is 0.710. The lowest BCUT2D eigenvalue weighted by Gasteiger charge is -2.45. The number of nitrogens with zero attached hydrogens (tertiary/aromatic N) is 4. The van der Waals surface area contributed by atoms with E-state index >= 15 is 0 Å². The smallest absolute Gasteiger partial charge is 0.253 e. The maximum atomic E-state index is 13.8. The number of piperidine rings is 2. The van der Waals surface area contributed by atoms with Crippen LogP contribution >= 0.6 is 0 Å². The Bertz CT molecular complexity index is 1530. The van der Waals surface area contributed by atoms with Crippen LogP contribution in [0.15, 0.2) is 78.9 Å². The van der Waals surface area contributed by atoms with Crippen molar-refractivity contribution in [1.29, 1.82) is 0 Å². The van der Waals surface area contributed by atoms with Crippen LogP contribution < -0.4 is 0 Å². The number of para-hydroxylation sites is 2. The number of benzene rings is 3. The first-order valence-electron chi connectivity index (χ1n) is 15.3. The summed E-state index contributed by atoms with van der Waals surface area (Å²) < 4.78 is 16.3. The molecule has 7 rings (SSSR count). The highest BCUT2D eigenvalue weighted by atomic mass is 19.1. The third kappa shape index (κ3) is 4.86. The molecule has 1 unspecified atom stereocenters. The number of hydrogen-bond acceptors (Lipinski definition) is 3. The van der Waals surface area contributed by atoms with Crippen molar-refractivity contribution in [2.75, 3.05) is 19.6 Å². The van der Waals surface area contributed by atoms with Crippen molar-refractivity contribution in [3.8, 4) is 0 Å². The number of carbonyl (C=O) groups excluding carboxylic acids is 1. The molecule has 3 saturated heterocycles. The van der Waals surface area contributed by atoms with Gasteiger partial charge in [0.1, 0.15) is 11.6 Å². The van der Waals surface area contributed by atoms with Crippen LogP contribution in [0.25, 0.3) is 11.0 Å². The van der Waals surface area contributed by atoms with Crippen LogP contribution in [0.2, 0.25) is 0 Å². The number of amides is 1. The SMILES string of the molecule is Cc1nc2ccccc2n1C1C[C@H]2CC[C@@H](C1)N2CCC1(c2ccccc2)CCN(C(=O)c2cccc(F)c2)CC1. The number of aromatic nitrogens is 2. The molecule has 2 bridgehead atoms. The lowest BCUT2D eigenvalue weighted by atomic mass is 9.70. The molecule has 5 nitrogen and oxygen atoms in total. The first kappa shape index (κ1) is 26.4. The number of imidazole rings is 1. The van der Waals surface area contributed by atoms with Gasteiger partial charge >= 0.3 is 0 Å². The van der Waals surface area contributed by atoms with Crippen LogP contribution in [0, 0.1) is 12.7 Å². The summed E-state index contributed by atoms with van der Waals surface area (Å²) in [6.45, 7) is 4.65. The fourth-order valence-electron chi connectivity index (χ4n) is 8.21. The Kier molecular flexibility index (Phi) is 6.90. The Balaban J connectivity index is 1.06. The van der Waals surface area contributed by atoms with Gasteiger partial charge in [-0.1, -0.05) is 48.5 Å². The monoisotopic (exact) mass is 550 g/mol. The van der Waals surface area contributed by atoms with E-state index in [1.54, 1.807) is 12.1 Å². The summed E-state index contributed by atoms with van der Waals surface area (Å²) in [5.41, 5.74) is 4.25. The van der Waals surface area contributed by atoms with E-state index in [9.17, 15) is 9.18 Å². The maximum absolute atomic E-state index is 13.8. The average molecular weight is 551 g/mol. The lowest BCUT2D eigenvalue weighted by molar-refractivity contribution is 0.0606. The Morgan fingerprint density at radius 1 is 0.902 bits per heavy atom. The van der Waals surface area contributed by atoms with Gasteiger partial charge in [0.15, 0.2) is 0 Å². The van der Waals surface area contributed by atoms with E-state index in [0.29, 0.717) is 36.8 Å². The molecule has 3 aliphatic heterocycles. The van der Waals surface area contributed by atoms with Crippen molar-refractivity contribution in [3.05, 3.63) is 102 Å². The predicted octanol–water partition coefficient (Wildman–Crippen LogP) is 6.92. The Morgan fingerprint density at radius 2 is 1.61 bits per heavy atom. The number of carbonyl (C=O) groups is 1. The van der Waals surface area contributed by atoms with Crippen molar-refractivity contribution in [3.63, 3.8) is 0 Å². The van der Waals surface area contributed by atoms with E-state index in [0.717, 1.165) is 37.1 Å². The Labute approximate surface area is 242 Å². The van der Waals surface area contributed by atoms with Crippen molar-refractivity contribution in [1.82, 2.24) is 19.4 Å². The highest BCUT2D eigenvalue weighted by Crippen LogP contribution is 2.45. The van der Waals surface area contributed by atoms with Crippen LogP contribution in [0.5, 0.6) is 0 Å². The standard InChI is InChI=1S/C35H39FN4O/c1-25-37-32-12-5-6-13-33(32)40(25)31-23-29-14-15-30(24-31)39(29)21-18-35(27-9-3-2-4-10-27)16-19-38(20-17-35)34(41)26-8-7-11-28(36)22-26/h2-13,22,29-31H,14-21,23-24H2,1H3/t29-,30+,31?. The van der Waals surface area contributed by atoms with Gasteiger partial charge in [-0.15, -0.1) is 0 Å². The van der Waals surface area contributed by atoms with Gasteiger partial charge in [0.2, 0.25) is 0 Å². The summed E-state index contributed by atoms with van der Waals surface area (Å²) in [6, 6.07) is 27.3. The Hall–Kier alpha value is -3.51. The average Bonchev–Trinajstić information content (AvgIpc) is 3.46. The number of rotatable bonds is 6. The largest absolute Gasteiger partial charge is 0.339 e. The van der Waals surface area contributed by atoms with Crippen LogP contribution in [-0.4, -0.2) is 57.0 Å². The molecule has 3 fully saturated rings. The van der Waals surface area contributed by atoms with Gasteiger partial charge in [-0.05, 0) is 99.7 Å². The highest BCUT2D eigenvalue weighted by Gasteiger charge is 2.44. The number of fused-ring (bicyclic) bond motifs is 3. The van der Waals surface area contributed by atoms with Crippen molar-refractivity contribution in [2.45, 2.75) is 75.4 Å². The van der Waals surface area contributed by atoms with Gasteiger partial charge in [-0.3, -0.25) is 9.69 Å². The first-order chi connectivity index (χ1) is 20.0. The van der Waals surface area contributed by atoms with Crippen molar-refractivity contribution >= 4 is 16.9 Å². The van der Waals surface area contributed by atoms with Crippen molar-refractivity contribution in [2.24, 2.45) is 0 Å². The summed E-state index contributed by atoms with van der Waals surface area (Å²) in [7, 11) is 0. The molecule has 4 aromatic rings. The van der Waals surface area contributed by atoms with Crippen LogP contribution in [-0.2, 0) is 5.41 Å². The molecule has 1 aromatic heterocycles. The highest BCUT2D eigenvalue weighted by molar-refractivity contribution is 5.94. The fraction of sp³-hybridized carbons (Fsp3) is 0.429. The fourth-order valence-corrected chi connectivity index (χ4v) is 8.21. The summed E-state index contributed by atoms with van der Waals surface area (Å²) in [4.78, 5) is 22.8. The number of aryl methyl sites for hydroxylation is 1. The molecule has 0 spiro atoms. The molecule has 6 heteroatoms. The zero-order valence-corrected chi connectivity index (χ0v) is 23.9. The molecule has 0 N–H and O–H groups in total. The summed E-state index contributed by atoms with van der Waals surface area (Å²) in [5, 5.41) is 0. The molecular formula is C35H39FN4O. The quantitative estimate of drug-likeness (QED) is 0.262. The summed E-state index contributed by atoms with van der Waals surface area (Å²) >= 11 is 0. The van der Waals surface area contributed by atoms with Gasteiger partial charge in [-0.25, -0.2) is 9.37 Å². The van der Waals surface area contributed by atoms with Gasteiger partial charge in [-0.2, -0.15) is 0 Å². The molecule has 0 aliphatic carbocycles. The zero-order valence-electron chi connectivity index (χ0n) is 23.9. The normalized spacial score (nSPS) is 24.1. The second kappa shape index (κ2) is 10.7. The van der Waals surface area contributed by atoms with Crippen LogP contribution in [0.4, 0.5) is 4.39 Å². The van der Waals surface area contributed by atoms with Crippen molar-refractivity contribution < 1.29 is 9.18 Å². The second-order valence-electron chi connectivity index (χ2n) is 12.5. The van der Waals surface area contributed by atoms with E-state index in [4.69, 9.17) is 4.98 Å². The molecule has 212 valence electrons. The van der Waals surface area contributed by atoms with Gasteiger partial charge in [0.25, 0.3) is 5.91 Å². The van der Waals surface area contributed by atoms with Crippen LogP contribution in [0.1, 0.15) is 72.7 Å². The first-order valence-corrected chi connectivity index (χ1v) is 15.3. The van der Waals surface area contributed by atoms with Crippen LogP contribution in [0.3, 0.4) is 0 Å². The molecular weight excluding hydrogens is 511 g/mol. The third-order valence-electron chi connectivity index (χ3n) is 10.3. The van der Waals surface area contributed by atoms with E-state index in [1.165, 1.54) is 48.9 Å². The van der Waals surface area contributed by atoms with Gasteiger partial charge in [0.05, 0.1) is 11.0 Å². The Morgan fingerprint density at radius 3 is 2.34 bits per heavy atom. The minimum atomic E-state index is -0.360. The molecule has 3 atom stereocenters. The van der Waals surface area contributed by atoms with E-state index in [2.05, 4.69) is 71.0 Å². The van der Waals surface area contributed by atoms with E-state index in [-0.39, 0.29) is 17.1 Å². The minimum Gasteiger partial charge on any atom is -0.339 e.